The van der Waals surface area contributed by atoms with Crippen LogP contribution in [0.1, 0.15) is 47.0 Å². The van der Waals surface area contributed by atoms with E-state index in [9.17, 15) is 9.59 Å². The monoisotopic (exact) mass is 296 g/mol. The number of hydrogen-bond donors (Lipinski definition) is 1. The van der Waals surface area contributed by atoms with E-state index >= 15 is 0 Å². The minimum atomic E-state index is -0.242. The first-order valence-corrected chi connectivity index (χ1v) is 7.89. The van der Waals surface area contributed by atoms with Crippen molar-refractivity contribution in [1.82, 2.24) is 10.2 Å². The van der Waals surface area contributed by atoms with Gasteiger partial charge in [0.1, 0.15) is 0 Å². The molecule has 0 radical (unpaired) electrons. The second-order valence-corrected chi connectivity index (χ2v) is 5.51. The van der Waals surface area contributed by atoms with Gasteiger partial charge >= 0.3 is 5.97 Å². The molecule has 0 bridgehead atoms. The Bertz CT molecular complexity index is 389. The topological polar surface area (TPSA) is 58.6 Å². The summed E-state index contributed by atoms with van der Waals surface area (Å²) in [5, 5.41) is 2.97. The third kappa shape index (κ3) is 5.50. The Hall–Kier alpha value is -1.36. The lowest BCUT2D eigenvalue weighted by molar-refractivity contribution is -0.139. The molecule has 0 aromatic rings. The minimum absolute atomic E-state index is 0.0266. The molecule has 0 aliphatic carbocycles. The SMILES string of the molecule is CCOC(=O)C1=CC[C@@H](NC(C)=O)N(CC(CC)CC)C1. The highest BCUT2D eigenvalue weighted by Crippen LogP contribution is 2.20. The molecule has 1 atom stereocenters. The third-order valence-corrected chi connectivity index (χ3v) is 3.96. The number of carbonyl (C=O) groups is 2. The van der Waals surface area contributed by atoms with Crippen LogP contribution in [0.2, 0.25) is 0 Å². The van der Waals surface area contributed by atoms with Crippen LogP contribution in [0.25, 0.3) is 0 Å². The van der Waals surface area contributed by atoms with Gasteiger partial charge in [0.2, 0.25) is 5.91 Å². The van der Waals surface area contributed by atoms with Crippen molar-refractivity contribution >= 4 is 11.9 Å². The lowest BCUT2D eigenvalue weighted by Gasteiger charge is -2.37. The number of nitrogens with zero attached hydrogens (tertiary/aromatic N) is 1. The van der Waals surface area contributed by atoms with Gasteiger partial charge in [-0.15, -0.1) is 0 Å². The first kappa shape index (κ1) is 17.7. The smallest absolute Gasteiger partial charge is 0.334 e. The molecule has 0 aromatic carbocycles. The standard InChI is InChI=1S/C16H28N2O3/c1-5-13(6-2)10-18-11-14(16(20)21-7-3)8-9-15(18)17-12(4)19/h8,13,15H,5-7,9-11H2,1-4H3,(H,17,19)/t15-/m0/s1. The number of hydrogen-bond acceptors (Lipinski definition) is 4. The van der Waals surface area contributed by atoms with Crippen LogP contribution < -0.4 is 5.32 Å². The highest BCUT2D eigenvalue weighted by atomic mass is 16.5. The Morgan fingerprint density at radius 1 is 1.38 bits per heavy atom. The van der Waals surface area contributed by atoms with Crippen molar-refractivity contribution in [2.45, 2.75) is 53.1 Å². The number of nitrogens with one attached hydrogen (secondary N) is 1. The molecular weight excluding hydrogens is 268 g/mol. The van der Waals surface area contributed by atoms with Gasteiger partial charge in [0, 0.05) is 32.0 Å². The zero-order chi connectivity index (χ0) is 15.8. The van der Waals surface area contributed by atoms with Crippen LogP contribution in [0.3, 0.4) is 0 Å². The molecule has 5 heteroatoms. The Morgan fingerprint density at radius 2 is 2.05 bits per heavy atom. The maximum Gasteiger partial charge on any atom is 0.334 e. The number of amides is 1. The summed E-state index contributed by atoms with van der Waals surface area (Å²) in [5.41, 5.74) is 0.699. The fourth-order valence-corrected chi connectivity index (χ4v) is 2.62. The molecule has 0 spiro atoms. The van der Waals surface area contributed by atoms with Crippen LogP contribution in [0.4, 0.5) is 0 Å². The molecule has 0 saturated heterocycles. The van der Waals surface area contributed by atoms with Gasteiger partial charge in [-0.2, -0.15) is 0 Å². The summed E-state index contributed by atoms with van der Waals surface area (Å²) in [6.45, 7) is 9.50. The molecule has 1 aliphatic heterocycles. The van der Waals surface area contributed by atoms with Gasteiger partial charge < -0.3 is 10.1 Å². The molecule has 5 nitrogen and oxygen atoms in total. The lowest BCUT2D eigenvalue weighted by Crippen LogP contribution is -2.52. The molecule has 1 heterocycles. The van der Waals surface area contributed by atoms with Crippen LogP contribution in [0.15, 0.2) is 11.6 Å². The molecule has 1 aliphatic rings. The quantitative estimate of drug-likeness (QED) is 0.731. The molecular formula is C16H28N2O3. The zero-order valence-electron chi connectivity index (χ0n) is 13.6. The molecule has 21 heavy (non-hydrogen) atoms. The fourth-order valence-electron chi connectivity index (χ4n) is 2.62. The van der Waals surface area contributed by atoms with Crippen molar-refractivity contribution in [2.75, 3.05) is 19.7 Å². The largest absolute Gasteiger partial charge is 0.463 e. The number of esters is 1. The van der Waals surface area contributed by atoms with Crippen LogP contribution >= 0.6 is 0 Å². The molecule has 0 fully saturated rings. The number of rotatable bonds is 7. The van der Waals surface area contributed by atoms with E-state index in [0.717, 1.165) is 19.4 Å². The van der Waals surface area contributed by atoms with Gasteiger partial charge in [-0.05, 0) is 12.8 Å². The van der Waals surface area contributed by atoms with E-state index in [0.29, 0.717) is 31.1 Å². The van der Waals surface area contributed by atoms with Crippen molar-refractivity contribution in [3.05, 3.63) is 11.6 Å². The Labute approximate surface area is 127 Å². The third-order valence-electron chi connectivity index (χ3n) is 3.96. The lowest BCUT2D eigenvalue weighted by atomic mass is 9.99. The van der Waals surface area contributed by atoms with Gasteiger partial charge in [-0.1, -0.05) is 32.8 Å². The molecule has 120 valence electrons. The normalized spacial score (nSPS) is 19.3. The Balaban J connectivity index is 2.79. The van der Waals surface area contributed by atoms with E-state index in [2.05, 4.69) is 24.1 Å². The molecule has 1 amide bonds. The van der Waals surface area contributed by atoms with E-state index in [-0.39, 0.29) is 18.0 Å². The summed E-state index contributed by atoms with van der Waals surface area (Å²) in [6, 6.07) is 0. The molecule has 0 saturated carbocycles. The first-order chi connectivity index (χ1) is 10.0. The maximum atomic E-state index is 11.9. The van der Waals surface area contributed by atoms with Gasteiger partial charge in [0.05, 0.1) is 12.8 Å². The van der Waals surface area contributed by atoms with Crippen molar-refractivity contribution in [3.63, 3.8) is 0 Å². The molecule has 0 unspecified atom stereocenters. The molecule has 1 N–H and O–H groups in total. The van der Waals surface area contributed by atoms with Crippen molar-refractivity contribution in [3.8, 4) is 0 Å². The Morgan fingerprint density at radius 3 is 2.57 bits per heavy atom. The van der Waals surface area contributed by atoms with Gasteiger partial charge in [-0.25, -0.2) is 4.79 Å². The fraction of sp³-hybridized carbons (Fsp3) is 0.750. The molecule has 0 aromatic heterocycles. The minimum Gasteiger partial charge on any atom is -0.463 e. The predicted molar refractivity (Wildman–Crippen MR) is 82.6 cm³/mol. The van der Waals surface area contributed by atoms with E-state index in [4.69, 9.17) is 4.74 Å². The highest BCUT2D eigenvalue weighted by molar-refractivity contribution is 5.89. The molecule has 1 rings (SSSR count). The highest BCUT2D eigenvalue weighted by Gasteiger charge is 2.28. The van der Waals surface area contributed by atoms with E-state index in [1.54, 1.807) is 0 Å². The predicted octanol–water partition coefficient (Wildman–Crippen LogP) is 2.08. The first-order valence-electron chi connectivity index (χ1n) is 7.89. The average molecular weight is 296 g/mol. The van der Waals surface area contributed by atoms with Gasteiger partial charge in [0.25, 0.3) is 0 Å². The van der Waals surface area contributed by atoms with Crippen molar-refractivity contribution < 1.29 is 14.3 Å². The number of ether oxygens (including phenoxy) is 1. The van der Waals surface area contributed by atoms with Gasteiger partial charge in [-0.3, -0.25) is 9.69 Å². The van der Waals surface area contributed by atoms with Crippen LogP contribution in [-0.2, 0) is 14.3 Å². The summed E-state index contributed by atoms with van der Waals surface area (Å²) in [7, 11) is 0. The second kappa shape index (κ2) is 8.82. The van der Waals surface area contributed by atoms with Crippen molar-refractivity contribution in [2.24, 2.45) is 5.92 Å². The van der Waals surface area contributed by atoms with Crippen LogP contribution in [0.5, 0.6) is 0 Å². The zero-order valence-corrected chi connectivity index (χ0v) is 13.6. The summed E-state index contributed by atoms with van der Waals surface area (Å²) < 4.78 is 5.08. The summed E-state index contributed by atoms with van der Waals surface area (Å²) in [5.74, 6) is 0.290. The van der Waals surface area contributed by atoms with E-state index in [1.165, 1.54) is 6.92 Å². The van der Waals surface area contributed by atoms with Crippen molar-refractivity contribution in [1.29, 1.82) is 0 Å². The van der Waals surface area contributed by atoms with E-state index in [1.807, 2.05) is 13.0 Å². The maximum absolute atomic E-state index is 11.9. The summed E-state index contributed by atoms with van der Waals surface area (Å²) in [6.07, 6.45) is 4.70. The van der Waals surface area contributed by atoms with Crippen LogP contribution in [0, 0.1) is 5.92 Å². The average Bonchev–Trinajstić information content (AvgIpc) is 2.45. The van der Waals surface area contributed by atoms with E-state index < -0.39 is 0 Å². The van der Waals surface area contributed by atoms with Crippen LogP contribution in [-0.4, -0.2) is 42.6 Å². The number of carbonyl (C=O) groups excluding carboxylic acids is 2. The summed E-state index contributed by atoms with van der Waals surface area (Å²) in [4.78, 5) is 25.4. The van der Waals surface area contributed by atoms with Gasteiger partial charge in [0.15, 0.2) is 0 Å². The Kier molecular flexibility index (Phi) is 7.43. The second-order valence-electron chi connectivity index (χ2n) is 5.51. The summed E-state index contributed by atoms with van der Waals surface area (Å²) >= 11 is 0.